The van der Waals surface area contributed by atoms with Gasteiger partial charge < -0.3 is 10.5 Å². The summed E-state index contributed by atoms with van der Waals surface area (Å²) in [6.07, 6.45) is 1.63. The SMILES string of the molecule is CC(C)c1cc(N)c2c(c1)C(=O)CC(c1ccccn1)O2. The normalized spacial score (nSPS) is 17.5. The van der Waals surface area contributed by atoms with Crippen molar-refractivity contribution < 1.29 is 9.53 Å². The van der Waals surface area contributed by atoms with Gasteiger partial charge in [0, 0.05) is 6.20 Å². The molecule has 1 atom stereocenters. The Kier molecular flexibility index (Phi) is 3.37. The van der Waals surface area contributed by atoms with Crippen molar-refractivity contribution in [1.82, 2.24) is 4.98 Å². The molecule has 1 unspecified atom stereocenters. The molecule has 0 aliphatic carbocycles. The lowest BCUT2D eigenvalue weighted by Gasteiger charge is -2.26. The van der Waals surface area contributed by atoms with Gasteiger partial charge in [-0.25, -0.2) is 0 Å². The lowest BCUT2D eigenvalue weighted by atomic mass is 9.93. The van der Waals surface area contributed by atoms with Crippen LogP contribution < -0.4 is 10.5 Å². The number of carbonyl (C=O) groups is 1. The minimum absolute atomic E-state index is 0.0566. The number of Topliss-reactive ketones (excluding diaryl/α,β-unsaturated/α-hetero) is 1. The minimum Gasteiger partial charge on any atom is -0.481 e. The summed E-state index contributed by atoms with van der Waals surface area (Å²) in [6.45, 7) is 4.15. The van der Waals surface area contributed by atoms with Gasteiger partial charge in [-0.05, 0) is 35.7 Å². The van der Waals surface area contributed by atoms with Crippen molar-refractivity contribution in [2.75, 3.05) is 5.73 Å². The molecule has 4 nitrogen and oxygen atoms in total. The zero-order chi connectivity index (χ0) is 15.0. The lowest BCUT2D eigenvalue weighted by molar-refractivity contribution is 0.0846. The molecule has 1 aromatic heterocycles. The largest absolute Gasteiger partial charge is 0.481 e. The average Bonchev–Trinajstić information content (AvgIpc) is 2.48. The van der Waals surface area contributed by atoms with Crippen LogP contribution in [0.15, 0.2) is 36.5 Å². The van der Waals surface area contributed by atoms with Crippen LogP contribution in [0.2, 0.25) is 0 Å². The fourth-order valence-corrected chi connectivity index (χ4v) is 2.54. The Morgan fingerprint density at radius 2 is 2.14 bits per heavy atom. The van der Waals surface area contributed by atoms with E-state index in [4.69, 9.17) is 10.5 Å². The molecule has 1 aliphatic rings. The minimum atomic E-state index is -0.363. The van der Waals surface area contributed by atoms with Gasteiger partial charge in [0.2, 0.25) is 0 Å². The molecule has 0 bridgehead atoms. The fraction of sp³-hybridized carbons (Fsp3) is 0.294. The van der Waals surface area contributed by atoms with Crippen molar-refractivity contribution in [2.45, 2.75) is 32.3 Å². The van der Waals surface area contributed by atoms with E-state index in [1.165, 1.54) is 0 Å². The molecule has 1 aromatic carbocycles. The first-order valence-corrected chi connectivity index (χ1v) is 7.10. The second kappa shape index (κ2) is 5.20. The summed E-state index contributed by atoms with van der Waals surface area (Å²) in [6, 6.07) is 9.37. The van der Waals surface area contributed by atoms with Crippen molar-refractivity contribution >= 4 is 11.5 Å². The van der Waals surface area contributed by atoms with Crippen LogP contribution in [-0.4, -0.2) is 10.8 Å². The number of nitrogens with two attached hydrogens (primary N) is 1. The number of benzene rings is 1. The van der Waals surface area contributed by atoms with Crippen LogP contribution in [0.4, 0.5) is 5.69 Å². The zero-order valence-corrected chi connectivity index (χ0v) is 12.2. The Morgan fingerprint density at radius 1 is 1.33 bits per heavy atom. The monoisotopic (exact) mass is 282 g/mol. The average molecular weight is 282 g/mol. The van der Waals surface area contributed by atoms with Crippen LogP contribution >= 0.6 is 0 Å². The van der Waals surface area contributed by atoms with Crippen molar-refractivity contribution in [3.8, 4) is 5.75 Å². The lowest BCUT2D eigenvalue weighted by Crippen LogP contribution is -2.22. The van der Waals surface area contributed by atoms with Gasteiger partial charge in [0.15, 0.2) is 11.5 Å². The van der Waals surface area contributed by atoms with Gasteiger partial charge in [0.25, 0.3) is 0 Å². The predicted molar refractivity (Wildman–Crippen MR) is 81.5 cm³/mol. The molecule has 3 rings (SSSR count). The smallest absolute Gasteiger partial charge is 0.170 e. The number of ketones is 1. The van der Waals surface area contributed by atoms with Gasteiger partial charge >= 0.3 is 0 Å². The first kappa shape index (κ1) is 13.6. The standard InChI is InChI=1S/C17H18N2O2/c1-10(2)11-7-12-15(20)9-16(14-5-3-4-6-19-14)21-17(12)13(18)8-11/h3-8,10,16H,9,18H2,1-2H3. The summed E-state index contributed by atoms with van der Waals surface area (Å²) in [5.41, 5.74) is 9.00. The van der Waals surface area contributed by atoms with E-state index in [0.29, 0.717) is 29.3 Å². The van der Waals surface area contributed by atoms with Crippen LogP contribution in [-0.2, 0) is 0 Å². The molecule has 1 aliphatic heterocycles. The molecular weight excluding hydrogens is 264 g/mol. The Balaban J connectivity index is 2.01. The molecular formula is C17H18N2O2. The number of ether oxygens (including phenoxy) is 1. The molecule has 0 saturated carbocycles. The number of nitrogens with zero attached hydrogens (tertiary/aromatic N) is 1. The van der Waals surface area contributed by atoms with Crippen LogP contribution in [0.5, 0.6) is 5.75 Å². The van der Waals surface area contributed by atoms with Crippen LogP contribution in [0.3, 0.4) is 0 Å². The van der Waals surface area contributed by atoms with Gasteiger partial charge in [-0.15, -0.1) is 0 Å². The van der Waals surface area contributed by atoms with Gasteiger partial charge in [0.05, 0.1) is 23.4 Å². The molecule has 2 aromatic rings. The maximum Gasteiger partial charge on any atom is 0.170 e. The summed E-state index contributed by atoms with van der Waals surface area (Å²) in [5.74, 6) is 0.867. The molecule has 0 spiro atoms. The molecule has 2 N–H and O–H groups in total. The summed E-state index contributed by atoms with van der Waals surface area (Å²) >= 11 is 0. The zero-order valence-electron chi connectivity index (χ0n) is 12.2. The fourth-order valence-electron chi connectivity index (χ4n) is 2.54. The number of nitrogen functional groups attached to an aromatic ring is 1. The summed E-state index contributed by atoms with van der Waals surface area (Å²) < 4.78 is 5.95. The highest BCUT2D eigenvalue weighted by molar-refractivity contribution is 6.01. The van der Waals surface area contributed by atoms with Crippen molar-refractivity contribution in [3.63, 3.8) is 0 Å². The van der Waals surface area contributed by atoms with Crippen molar-refractivity contribution in [3.05, 3.63) is 53.3 Å². The summed E-state index contributed by atoms with van der Waals surface area (Å²) in [7, 11) is 0. The topological polar surface area (TPSA) is 65.2 Å². The predicted octanol–water partition coefficient (Wildman–Crippen LogP) is 3.49. The Bertz CT molecular complexity index is 681. The van der Waals surface area contributed by atoms with Gasteiger partial charge in [-0.3, -0.25) is 9.78 Å². The Labute approximate surface area is 124 Å². The number of aromatic nitrogens is 1. The molecule has 0 amide bonds. The van der Waals surface area contributed by atoms with Crippen molar-refractivity contribution in [2.24, 2.45) is 0 Å². The van der Waals surface area contributed by atoms with E-state index in [0.717, 1.165) is 11.3 Å². The highest BCUT2D eigenvalue weighted by Crippen LogP contribution is 2.40. The number of pyridine rings is 1. The van der Waals surface area contributed by atoms with E-state index in [9.17, 15) is 4.79 Å². The second-order valence-electron chi connectivity index (χ2n) is 5.63. The van der Waals surface area contributed by atoms with Crippen molar-refractivity contribution in [1.29, 1.82) is 0 Å². The maximum atomic E-state index is 12.4. The summed E-state index contributed by atoms with van der Waals surface area (Å²) in [4.78, 5) is 16.7. The number of hydrogen-bond donors (Lipinski definition) is 1. The molecule has 108 valence electrons. The van der Waals surface area contributed by atoms with E-state index in [-0.39, 0.29) is 11.9 Å². The first-order chi connectivity index (χ1) is 10.1. The van der Waals surface area contributed by atoms with Gasteiger partial charge in [-0.1, -0.05) is 19.9 Å². The third kappa shape index (κ3) is 2.49. The van der Waals surface area contributed by atoms with E-state index in [2.05, 4.69) is 18.8 Å². The molecule has 4 heteroatoms. The quantitative estimate of drug-likeness (QED) is 0.856. The number of fused-ring (bicyclic) bond motifs is 1. The van der Waals surface area contributed by atoms with Crippen LogP contribution in [0.1, 0.15) is 53.9 Å². The molecule has 0 fully saturated rings. The number of hydrogen-bond acceptors (Lipinski definition) is 4. The summed E-state index contributed by atoms with van der Waals surface area (Å²) in [5, 5.41) is 0. The highest BCUT2D eigenvalue weighted by Gasteiger charge is 2.30. The maximum absolute atomic E-state index is 12.4. The Hall–Kier alpha value is -2.36. The molecule has 2 heterocycles. The molecule has 21 heavy (non-hydrogen) atoms. The second-order valence-corrected chi connectivity index (χ2v) is 5.63. The van der Waals surface area contributed by atoms with Gasteiger partial charge in [0.1, 0.15) is 6.10 Å². The van der Waals surface area contributed by atoms with E-state index in [1.54, 1.807) is 6.20 Å². The molecule has 0 saturated heterocycles. The third-order valence-corrected chi connectivity index (χ3v) is 3.76. The highest BCUT2D eigenvalue weighted by atomic mass is 16.5. The van der Waals surface area contributed by atoms with Gasteiger partial charge in [-0.2, -0.15) is 0 Å². The molecule has 0 radical (unpaired) electrons. The number of rotatable bonds is 2. The Morgan fingerprint density at radius 3 is 2.81 bits per heavy atom. The van der Waals surface area contributed by atoms with Crippen LogP contribution in [0.25, 0.3) is 0 Å². The third-order valence-electron chi connectivity index (χ3n) is 3.76. The van der Waals surface area contributed by atoms with Crippen LogP contribution in [0, 0.1) is 0 Å². The number of carbonyl (C=O) groups excluding carboxylic acids is 1. The first-order valence-electron chi connectivity index (χ1n) is 7.10. The number of anilines is 1. The van der Waals surface area contributed by atoms with E-state index < -0.39 is 0 Å². The van der Waals surface area contributed by atoms with E-state index >= 15 is 0 Å². The van der Waals surface area contributed by atoms with E-state index in [1.807, 2.05) is 30.3 Å².